The zero-order chi connectivity index (χ0) is 21.5. The van der Waals surface area contributed by atoms with Crippen LogP contribution in [0.25, 0.3) is 5.69 Å². The molecule has 0 amide bonds. The molecule has 0 bridgehead atoms. The number of nitrogens with one attached hydrogen (secondary N) is 1. The third-order valence-electron chi connectivity index (χ3n) is 6.16. The number of Topliss-reactive ketones (excluding diaryl/α,β-unsaturated/α-hetero) is 1. The molecule has 2 heterocycles. The molecule has 6 nitrogen and oxygen atoms in total. The van der Waals surface area contributed by atoms with E-state index in [1.165, 1.54) is 0 Å². The van der Waals surface area contributed by atoms with Gasteiger partial charge >= 0.3 is 0 Å². The number of rotatable bonds is 4. The summed E-state index contributed by atoms with van der Waals surface area (Å²) >= 11 is 0. The van der Waals surface area contributed by atoms with Gasteiger partial charge in [-0.15, -0.1) is 0 Å². The van der Waals surface area contributed by atoms with Crippen molar-refractivity contribution in [2.45, 2.75) is 32.1 Å². The lowest BCUT2D eigenvalue weighted by Crippen LogP contribution is -2.27. The molecule has 0 saturated heterocycles. The summed E-state index contributed by atoms with van der Waals surface area (Å²) in [5, 5.41) is 8.43. The van der Waals surface area contributed by atoms with Gasteiger partial charge in [0.05, 0.1) is 25.6 Å². The average molecular weight is 415 g/mol. The van der Waals surface area contributed by atoms with E-state index in [9.17, 15) is 4.79 Å². The molecule has 1 aliphatic carbocycles. The number of aromatic nitrogens is 2. The standard InChI is InChI=1S/C25H25N3O3/c1-15-22-23(18-14-17(30-2)12-13-21(18)31-3)24-19(10-7-11-20(24)29)26-25(22)28(27-15)16-8-5-4-6-9-16/h4-6,8-9,12-14,23,26H,7,10-11H2,1-3H3/t23-/m0/s1. The lowest BCUT2D eigenvalue weighted by atomic mass is 9.75. The molecule has 1 aromatic heterocycles. The molecule has 6 heteroatoms. The highest BCUT2D eigenvalue weighted by molar-refractivity contribution is 6.01. The van der Waals surface area contributed by atoms with Crippen LogP contribution in [0.3, 0.4) is 0 Å². The molecule has 0 fully saturated rings. The first-order valence-electron chi connectivity index (χ1n) is 10.5. The van der Waals surface area contributed by atoms with Crippen molar-refractivity contribution in [1.82, 2.24) is 9.78 Å². The van der Waals surface area contributed by atoms with Crippen LogP contribution in [0.2, 0.25) is 0 Å². The molecule has 3 aromatic rings. The van der Waals surface area contributed by atoms with E-state index in [4.69, 9.17) is 14.6 Å². The van der Waals surface area contributed by atoms with Gasteiger partial charge in [0.25, 0.3) is 0 Å². The summed E-state index contributed by atoms with van der Waals surface area (Å²) < 4.78 is 13.2. The summed E-state index contributed by atoms with van der Waals surface area (Å²) in [5.74, 6) is 2.29. The van der Waals surface area contributed by atoms with Crippen molar-refractivity contribution in [2.75, 3.05) is 19.5 Å². The first kappa shape index (κ1) is 19.4. The fraction of sp³-hybridized carbons (Fsp3) is 0.280. The predicted molar refractivity (Wildman–Crippen MR) is 119 cm³/mol. The summed E-state index contributed by atoms with van der Waals surface area (Å²) in [5.41, 5.74) is 5.58. The highest BCUT2D eigenvalue weighted by Gasteiger charge is 2.40. The van der Waals surface area contributed by atoms with Crippen LogP contribution >= 0.6 is 0 Å². The fourth-order valence-corrected chi connectivity index (χ4v) is 4.75. The Morgan fingerprint density at radius 2 is 1.87 bits per heavy atom. The van der Waals surface area contributed by atoms with Crippen molar-refractivity contribution in [3.63, 3.8) is 0 Å². The zero-order valence-corrected chi connectivity index (χ0v) is 17.9. The monoisotopic (exact) mass is 415 g/mol. The van der Waals surface area contributed by atoms with E-state index in [2.05, 4.69) is 5.32 Å². The second-order valence-electron chi connectivity index (χ2n) is 7.93. The number of carbonyl (C=O) groups excluding carboxylic acids is 1. The Hall–Kier alpha value is -3.54. The summed E-state index contributed by atoms with van der Waals surface area (Å²) in [6.45, 7) is 2.00. The summed E-state index contributed by atoms with van der Waals surface area (Å²) in [4.78, 5) is 13.2. The predicted octanol–water partition coefficient (Wildman–Crippen LogP) is 4.76. The number of carbonyl (C=O) groups is 1. The number of ether oxygens (including phenoxy) is 2. The highest BCUT2D eigenvalue weighted by Crippen LogP contribution is 2.49. The Morgan fingerprint density at radius 1 is 1.06 bits per heavy atom. The lowest BCUT2D eigenvalue weighted by Gasteiger charge is -2.33. The molecule has 5 rings (SSSR count). The minimum Gasteiger partial charge on any atom is -0.497 e. The van der Waals surface area contributed by atoms with Crippen LogP contribution in [0.15, 0.2) is 59.8 Å². The molecule has 0 unspecified atom stereocenters. The molecule has 0 saturated carbocycles. The summed E-state index contributed by atoms with van der Waals surface area (Å²) in [6.07, 6.45) is 2.24. The molecular weight excluding hydrogens is 390 g/mol. The van der Waals surface area contributed by atoms with E-state index >= 15 is 0 Å². The van der Waals surface area contributed by atoms with Gasteiger partial charge in [0, 0.05) is 34.7 Å². The van der Waals surface area contributed by atoms with Gasteiger partial charge in [-0.25, -0.2) is 4.68 Å². The Bertz CT molecular complexity index is 1190. The number of fused-ring (bicyclic) bond motifs is 1. The van der Waals surface area contributed by atoms with E-state index in [1.54, 1.807) is 14.2 Å². The van der Waals surface area contributed by atoms with Crippen LogP contribution in [0.5, 0.6) is 11.5 Å². The van der Waals surface area contributed by atoms with E-state index in [0.717, 1.165) is 63.9 Å². The van der Waals surface area contributed by atoms with Gasteiger partial charge < -0.3 is 14.8 Å². The smallest absolute Gasteiger partial charge is 0.161 e. The van der Waals surface area contributed by atoms with Crippen molar-refractivity contribution in [3.8, 4) is 17.2 Å². The maximum absolute atomic E-state index is 13.2. The van der Waals surface area contributed by atoms with Gasteiger partial charge in [0.2, 0.25) is 0 Å². The van der Waals surface area contributed by atoms with Gasteiger partial charge in [0.15, 0.2) is 5.78 Å². The molecule has 1 aliphatic heterocycles. The number of anilines is 1. The zero-order valence-electron chi connectivity index (χ0n) is 17.9. The van der Waals surface area contributed by atoms with Crippen molar-refractivity contribution in [3.05, 3.63) is 76.6 Å². The molecule has 31 heavy (non-hydrogen) atoms. The normalized spacial score (nSPS) is 17.6. The molecule has 2 aromatic carbocycles. The fourth-order valence-electron chi connectivity index (χ4n) is 4.75. The van der Waals surface area contributed by atoms with Gasteiger partial charge in [-0.05, 0) is 50.1 Å². The summed E-state index contributed by atoms with van der Waals surface area (Å²) in [7, 11) is 3.31. The third-order valence-corrected chi connectivity index (χ3v) is 6.16. The number of hydrogen-bond acceptors (Lipinski definition) is 5. The van der Waals surface area contributed by atoms with E-state index in [1.807, 2.05) is 60.1 Å². The topological polar surface area (TPSA) is 65.4 Å². The minimum absolute atomic E-state index is 0.182. The second kappa shape index (κ2) is 7.61. The Kier molecular flexibility index (Phi) is 4.77. The molecule has 0 radical (unpaired) electrons. The average Bonchev–Trinajstić information content (AvgIpc) is 3.14. The minimum atomic E-state index is -0.262. The van der Waals surface area contributed by atoms with Gasteiger partial charge in [-0.3, -0.25) is 4.79 Å². The first-order chi connectivity index (χ1) is 15.1. The molecule has 2 aliphatic rings. The van der Waals surface area contributed by atoms with Crippen LogP contribution in [0.4, 0.5) is 5.82 Å². The molecule has 0 spiro atoms. The van der Waals surface area contributed by atoms with Crippen LogP contribution in [0, 0.1) is 6.92 Å². The van der Waals surface area contributed by atoms with Crippen molar-refractivity contribution in [1.29, 1.82) is 0 Å². The van der Waals surface area contributed by atoms with Crippen molar-refractivity contribution < 1.29 is 14.3 Å². The Morgan fingerprint density at radius 3 is 2.61 bits per heavy atom. The Balaban J connectivity index is 1.79. The Labute approximate surface area is 181 Å². The van der Waals surface area contributed by atoms with Crippen LogP contribution in [-0.2, 0) is 4.79 Å². The number of hydrogen-bond donors (Lipinski definition) is 1. The highest BCUT2D eigenvalue weighted by atomic mass is 16.5. The number of allylic oxidation sites excluding steroid dienone is 2. The second-order valence-corrected chi connectivity index (χ2v) is 7.93. The third kappa shape index (κ3) is 3.10. The van der Waals surface area contributed by atoms with E-state index in [0.29, 0.717) is 6.42 Å². The molecule has 158 valence electrons. The number of para-hydroxylation sites is 1. The SMILES string of the molecule is COc1ccc(OC)c([C@@H]2C3=C(CCCC3=O)Nc3c2c(C)nn3-c2ccccc2)c1. The largest absolute Gasteiger partial charge is 0.497 e. The van der Waals surface area contributed by atoms with Gasteiger partial charge in [-0.2, -0.15) is 5.10 Å². The molecule has 1 N–H and O–H groups in total. The quantitative estimate of drug-likeness (QED) is 0.665. The van der Waals surface area contributed by atoms with Crippen LogP contribution in [-0.4, -0.2) is 29.8 Å². The molecular formula is C25H25N3O3. The van der Waals surface area contributed by atoms with E-state index in [-0.39, 0.29) is 11.7 Å². The number of nitrogens with zero attached hydrogens (tertiary/aromatic N) is 2. The van der Waals surface area contributed by atoms with Gasteiger partial charge in [-0.1, -0.05) is 18.2 Å². The van der Waals surface area contributed by atoms with Crippen LogP contribution in [0.1, 0.15) is 42.0 Å². The first-order valence-corrected chi connectivity index (χ1v) is 10.5. The maximum Gasteiger partial charge on any atom is 0.161 e. The van der Waals surface area contributed by atoms with Gasteiger partial charge in [0.1, 0.15) is 17.3 Å². The summed E-state index contributed by atoms with van der Waals surface area (Å²) in [6, 6.07) is 15.8. The molecule has 1 atom stereocenters. The number of ketones is 1. The number of aryl methyl sites for hydroxylation is 1. The van der Waals surface area contributed by atoms with Crippen molar-refractivity contribution in [2.24, 2.45) is 0 Å². The van der Waals surface area contributed by atoms with Crippen molar-refractivity contribution >= 4 is 11.6 Å². The van der Waals surface area contributed by atoms with E-state index < -0.39 is 0 Å². The number of methoxy groups -OCH3 is 2. The lowest BCUT2D eigenvalue weighted by molar-refractivity contribution is -0.116. The maximum atomic E-state index is 13.2. The number of benzene rings is 2. The van der Waals surface area contributed by atoms with Crippen LogP contribution < -0.4 is 14.8 Å².